The van der Waals surface area contributed by atoms with Gasteiger partial charge in [-0.15, -0.1) is 0 Å². The molecule has 0 saturated heterocycles. The Morgan fingerprint density at radius 1 is 0.250 bits per heavy atom. The van der Waals surface area contributed by atoms with E-state index in [1.165, 1.54) is 66.8 Å². The number of hydrogen-bond donors (Lipinski definition) is 0. The molecule has 1 aromatic heterocycles. The summed E-state index contributed by atoms with van der Waals surface area (Å²) in [4.78, 5) is 16.3. The third-order valence-corrected chi connectivity index (χ3v) is 13.4. The van der Waals surface area contributed by atoms with Crippen molar-refractivity contribution in [3.05, 3.63) is 257 Å². The van der Waals surface area contributed by atoms with Gasteiger partial charge in [0, 0.05) is 16.7 Å². The van der Waals surface area contributed by atoms with E-state index in [-0.39, 0.29) is 0 Å². The summed E-state index contributed by atoms with van der Waals surface area (Å²) in [5, 5.41) is 2.25. The lowest BCUT2D eigenvalue weighted by atomic mass is 9.51. The van der Waals surface area contributed by atoms with Gasteiger partial charge in [0.05, 0.1) is 10.8 Å². The molecule has 0 atom stereocenters. The molecule has 3 aliphatic rings. The fraction of sp³-hybridized carbons (Fsp3) is 0.0351. The minimum atomic E-state index is -0.688. The van der Waals surface area contributed by atoms with Gasteiger partial charge in [-0.25, -0.2) is 15.0 Å². The van der Waals surface area contributed by atoms with E-state index in [1.807, 2.05) is 6.07 Å². The van der Waals surface area contributed by atoms with Crippen molar-refractivity contribution in [2.45, 2.75) is 10.8 Å². The molecule has 0 fully saturated rings. The fourth-order valence-corrected chi connectivity index (χ4v) is 11.2. The number of benzene rings is 9. The van der Waals surface area contributed by atoms with Crippen LogP contribution in [0.1, 0.15) is 44.5 Å². The van der Waals surface area contributed by atoms with Crippen LogP contribution in [0.4, 0.5) is 0 Å². The fourth-order valence-electron chi connectivity index (χ4n) is 11.2. The molecule has 0 radical (unpaired) electrons. The Hall–Kier alpha value is -7.75. The van der Waals surface area contributed by atoms with Crippen LogP contribution in [-0.4, -0.2) is 15.0 Å². The first-order valence-corrected chi connectivity index (χ1v) is 20.7. The Kier molecular flexibility index (Phi) is 6.86. The Morgan fingerprint density at radius 3 is 1.25 bits per heavy atom. The predicted octanol–water partition coefficient (Wildman–Crippen LogP) is 13.1. The Balaban J connectivity index is 1.23. The van der Waals surface area contributed by atoms with Crippen molar-refractivity contribution in [2.75, 3.05) is 0 Å². The summed E-state index contributed by atoms with van der Waals surface area (Å²) in [6.07, 6.45) is 0. The van der Waals surface area contributed by atoms with E-state index >= 15 is 0 Å². The smallest absolute Gasteiger partial charge is 0.164 e. The minimum absolute atomic E-state index is 0.611. The normalized spacial score (nSPS) is 14.3. The van der Waals surface area contributed by atoms with Crippen LogP contribution >= 0.6 is 0 Å². The van der Waals surface area contributed by atoms with Crippen LogP contribution in [-0.2, 0) is 10.8 Å². The third-order valence-electron chi connectivity index (χ3n) is 13.4. The molecule has 10 aromatic rings. The zero-order chi connectivity index (χ0) is 39.4. The molecule has 3 nitrogen and oxygen atoms in total. The average Bonchev–Trinajstić information content (AvgIpc) is 3.79. The summed E-state index contributed by atoms with van der Waals surface area (Å²) in [6.45, 7) is 0. The van der Waals surface area contributed by atoms with E-state index in [4.69, 9.17) is 15.0 Å². The van der Waals surface area contributed by atoms with Gasteiger partial charge in [-0.1, -0.05) is 212 Å². The lowest BCUT2D eigenvalue weighted by Gasteiger charge is -2.49. The van der Waals surface area contributed by atoms with Gasteiger partial charge in [0.2, 0.25) is 0 Å². The number of nitrogens with zero attached hydrogens (tertiary/aromatic N) is 3. The van der Waals surface area contributed by atoms with Crippen LogP contribution in [0.3, 0.4) is 0 Å². The largest absolute Gasteiger partial charge is 0.208 e. The highest BCUT2D eigenvalue weighted by molar-refractivity contribution is 5.97. The van der Waals surface area contributed by atoms with E-state index in [1.54, 1.807) is 0 Å². The molecule has 3 heteroatoms. The molecular formula is C57H35N3. The first-order chi connectivity index (χ1) is 29.8. The summed E-state index contributed by atoms with van der Waals surface area (Å²) in [7, 11) is 0. The van der Waals surface area contributed by atoms with Gasteiger partial charge in [-0.3, -0.25) is 0 Å². The minimum Gasteiger partial charge on any atom is -0.208 e. The number of hydrogen-bond acceptors (Lipinski definition) is 3. The van der Waals surface area contributed by atoms with Crippen molar-refractivity contribution >= 4 is 10.8 Å². The van der Waals surface area contributed by atoms with E-state index in [2.05, 4.69) is 206 Å². The zero-order valence-corrected chi connectivity index (χ0v) is 32.5. The second-order valence-corrected chi connectivity index (χ2v) is 16.2. The molecule has 3 aliphatic carbocycles. The van der Waals surface area contributed by atoms with E-state index in [0.29, 0.717) is 17.5 Å². The first-order valence-electron chi connectivity index (χ1n) is 20.7. The maximum atomic E-state index is 5.56. The van der Waals surface area contributed by atoms with Crippen LogP contribution in [0.2, 0.25) is 0 Å². The molecule has 60 heavy (non-hydrogen) atoms. The van der Waals surface area contributed by atoms with Crippen LogP contribution in [0.15, 0.2) is 212 Å². The van der Waals surface area contributed by atoms with Gasteiger partial charge in [-0.05, 0) is 77.5 Å². The van der Waals surface area contributed by atoms with Crippen molar-refractivity contribution in [1.29, 1.82) is 0 Å². The first kappa shape index (κ1) is 33.2. The molecule has 1 heterocycles. The molecule has 0 aliphatic heterocycles. The number of fused-ring (bicyclic) bond motifs is 17. The van der Waals surface area contributed by atoms with Crippen molar-refractivity contribution in [3.8, 4) is 56.4 Å². The number of aromatic nitrogens is 3. The summed E-state index contributed by atoms with van der Waals surface area (Å²) >= 11 is 0. The van der Waals surface area contributed by atoms with Crippen LogP contribution in [0.25, 0.3) is 67.2 Å². The monoisotopic (exact) mass is 761 g/mol. The molecule has 0 bridgehead atoms. The van der Waals surface area contributed by atoms with Gasteiger partial charge in [-0.2, -0.15) is 0 Å². The van der Waals surface area contributed by atoms with Gasteiger partial charge in [0.1, 0.15) is 0 Å². The van der Waals surface area contributed by atoms with Crippen molar-refractivity contribution in [2.24, 2.45) is 0 Å². The standard InChI is InChI=1S/C57H35N3/c1-2-19-37(20-3-1)53-58-54(43-27-16-21-36-18-4-5-22-38(36)43)60-55(59-53)44-28-17-35-51-52(44)57(47-31-12-8-25-41(47)42-26-9-13-32-48(42)57)50-34-15-14-33-49(50)56(51)45-29-10-6-23-39(45)40-24-7-11-30-46(40)56/h1-35H. The Labute approximate surface area is 348 Å². The second-order valence-electron chi connectivity index (χ2n) is 16.2. The molecule has 278 valence electrons. The van der Waals surface area contributed by atoms with Crippen molar-refractivity contribution in [1.82, 2.24) is 15.0 Å². The molecule has 0 amide bonds. The van der Waals surface area contributed by atoms with Crippen molar-refractivity contribution < 1.29 is 0 Å². The SMILES string of the molecule is c1ccc(-c2nc(-c3cccc4c3C3(c5ccccc5-c5ccccc53)c3ccccc3C43c4ccccc4-c4ccccc43)nc(-c3cccc4ccccc34)n2)cc1. The van der Waals surface area contributed by atoms with Crippen molar-refractivity contribution in [3.63, 3.8) is 0 Å². The van der Waals surface area contributed by atoms with Gasteiger partial charge >= 0.3 is 0 Å². The highest BCUT2D eigenvalue weighted by Gasteiger charge is 2.59. The summed E-state index contributed by atoms with van der Waals surface area (Å²) in [6, 6.07) is 77.5. The van der Waals surface area contributed by atoms with Gasteiger partial charge in [0.15, 0.2) is 17.5 Å². The van der Waals surface area contributed by atoms with Gasteiger partial charge in [0.25, 0.3) is 0 Å². The maximum absolute atomic E-state index is 5.56. The van der Waals surface area contributed by atoms with Gasteiger partial charge < -0.3 is 0 Å². The van der Waals surface area contributed by atoms with E-state index < -0.39 is 10.8 Å². The lowest BCUT2D eigenvalue weighted by molar-refractivity contribution is 0.633. The number of rotatable bonds is 3. The van der Waals surface area contributed by atoms with E-state index in [0.717, 1.165) is 27.5 Å². The average molecular weight is 762 g/mol. The summed E-state index contributed by atoms with van der Waals surface area (Å²) in [5.74, 6) is 1.95. The molecule has 0 N–H and O–H groups in total. The van der Waals surface area contributed by atoms with E-state index in [9.17, 15) is 0 Å². The van der Waals surface area contributed by atoms with Crippen LogP contribution < -0.4 is 0 Å². The lowest BCUT2D eigenvalue weighted by Crippen LogP contribution is -2.44. The molecule has 0 unspecified atom stereocenters. The highest BCUT2D eigenvalue weighted by Crippen LogP contribution is 2.68. The molecular weight excluding hydrogens is 727 g/mol. The topological polar surface area (TPSA) is 38.7 Å². The van der Waals surface area contributed by atoms with Crippen LogP contribution in [0.5, 0.6) is 0 Å². The molecule has 13 rings (SSSR count). The molecule has 0 saturated carbocycles. The maximum Gasteiger partial charge on any atom is 0.164 e. The predicted molar refractivity (Wildman–Crippen MR) is 242 cm³/mol. The molecule has 2 spiro atoms. The Bertz CT molecular complexity index is 3300. The quantitative estimate of drug-likeness (QED) is 0.180. The third kappa shape index (κ3) is 4.21. The zero-order valence-electron chi connectivity index (χ0n) is 32.5. The summed E-state index contributed by atoms with van der Waals surface area (Å²) in [5.41, 5.74) is 16.8. The van der Waals surface area contributed by atoms with Crippen LogP contribution in [0, 0.1) is 0 Å². The Morgan fingerprint density at radius 2 is 0.633 bits per heavy atom. The molecule has 9 aromatic carbocycles. The second kappa shape index (κ2) is 12.4. The summed E-state index contributed by atoms with van der Waals surface area (Å²) < 4.78 is 0. The highest BCUT2D eigenvalue weighted by atomic mass is 15.0.